The van der Waals surface area contributed by atoms with E-state index in [1.54, 1.807) is 7.05 Å². The highest BCUT2D eigenvalue weighted by molar-refractivity contribution is 5.93. The summed E-state index contributed by atoms with van der Waals surface area (Å²) in [5.41, 5.74) is 9.86. The topological polar surface area (TPSA) is 59.6 Å². The number of hydrogen-bond donors (Lipinski definition) is 2. The highest BCUT2D eigenvalue weighted by Gasteiger charge is 2.09. The molecule has 3 rings (SSSR count). The molecule has 0 bridgehead atoms. The third-order valence-corrected chi connectivity index (χ3v) is 3.81. The molecule has 0 saturated carbocycles. The lowest BCUT2D eigenvalue weighted by Gasteiger charge is -2.14. The molecule has 0 unspecified atom stereocenters. The molecular formula is C21H21N3O. The maximum absolute atomic E-state index is 6.07. The van der Waals surface area contributed by atoms with Crippen LogP contribution in [0.25, 0.3) is 11.1 Å². The van der Waals surface area contributed by atoms with Crippen molar-refractivity contribution in [1.82, 2.24) is 0 Å². The average Bonchev–Trinajstić information content (AvgIpc) is 2.68. The molecule has 0 aliphatic rings. The van der Waals surface area contributed by atoms with Crippen LogP contribution in [-0.2, 0) is 6.61 Å². The Morgan fingerprint density at radius 2 is 1.64 bits per heavy atom. The molecule has 3 aromatic rings. The van der Waals surface area contributed by atoms with Crippen molar-refractivity contribution in [2.75, 3.05) is 12.4 Å². The van der Waals surface area contributed by atoms with Crippen molar-refractivity contribution < 1.29 is 4.74 Å². The number of nitrogens with one attached hydrogen (secondary N) is 1. The normalized spacial score (nSPS) is 11.2. The Labute approximate surface area is 148 Å². The molecule has 25 heavy (non-hydrogen) atoms. The van der Waals surface area contributed by atoms with Crippen LogP contribution in [-0.4, -0.2) is 13.0 Å². The zero-order valence-electron chi connectivity index (χ0n) is 14.1. The standard InChI is InChI=1S/C21H21N3O/c1-23-21(22)24-18-12-13-20(25-15-16-8-4-2-5-9-16)19(14-18)17-10-6-3-7-11-17/h2-14H,15H2,1H3,(H3,22,23,24). The van der Waals surface area contributed by atoms with E-state index in [1.165, 1.54) is 0 Å². The SMILES string of the molecule is CN=C(N)Nc1ccc(OCc2ccccc2)c(-c2ccccc2)c1. The first-order valence-electron chi connectivity index (χ1n) is 8.12. The molecule has 0 heterocycles. The van der Waals surface area contributed by atoms with Gasteiger partial charge in [0.05, 0.1) is 0 Å². The summed E-state index contributed by atoms with van der Waals surface area (Å²) in [4.78, 5) is 3.94. The fourth-order valence-electron chi connectivity index (χ4n) is 2.52. The van der Waals surface area contributed by atoms with E-state index in [0.717, 1.165) is 28.1 Å². The van der Waals surface area contributed by atoms with E-state index in [9.17, 15) is 0 Å². The van der Waals surface area contributed by atoms with E-state index < -0.39 is 0 Å². The molecule has 0 saturated heterocycles. The summed E-state index contributed by atoms with van der Waals surface area (Å²) in [5, 5.41) is 3.07. The summed E-state index contributed by atoms with van der Waals surface area (Å²) < 4.78 is 6.07. The summed E-state index contributed by atoms with van der Waals surface area (Å²) in [6.07, 6.45) is 0. The van der Waals surface area contributed by atoms with Gasteiger partial charge in [-0.15, -0.1) is 0 Å². The second-order valence-corrected chi connectivity index (χ2v) is 5.59. The minimum Gasteiger partial charge on any atom is -0.488 e. The van der Waals surface area contributed by atoms with Crippen LogP contribution in [0.15, 0.2) is 83.9 Å². The molecule has 0 atom stereocenters. The number of aliphatic imine (C=N–C) groups is 1. The lowest BCUT2D eigenvalue weighted by molar-refractivity contribution is 0.307. The van der Waals surface area contributed by atoms with Gasteiger partial charge in [-0.2, -0.15) is 0 Å². The molecule has 126 valence electrons. The van der Waals surface area contributed by atoms with Gasteiger partial charge >= 0.3 is 0 Å². The zero-order chi connectivity index (χ0) is 17.5. The van der Waals surface area contributed by atoms with Crippen LogP contribution in [0.2, 0.25) is 0 Å². The minimum absolute atomic E-state index is 0.372. The summed E-state index contributed by atoms with van der Waals surface area (Å²) in [5.74, 6) is 1.20. The molecule has 4 heteroatoms. The Hall–Kier alpha value is -3.27. The van der Waals surface area contributed by atoms with Crippen LogP contribution in [0.5, 0.6) is 5.75 Å². The predicted molar refractivity (Wildman–Crippen MR) is 104 cm³/mol. The quantitative estimate of drug-likeness (QED) is 0.541. The van der Waals surface area contributed by atoms with Crippen molar-refractivity contribution in [2.24, 2.45) is 10.7 Å². The highest BCUT2D eigenvalue weighted by Crippen LogP contribution is 2.33. The van der Waals surface area contributed by atoms with Gasteiger partial charge in [-0.05, 0) is 29.3 Å². The third-order valence-electron chi connectivity index (χ3n) is 3.81. The number of hydrogen-bond acceptors (Lipinski definition) is 2. The average molecular weight is 331 g/mol. The molecule has 0 aromatic heterocycles. The van der Waals surface area contributed by atoms with E-state index in [1.807, 2.05) is 54.6 Å². The molecule has 3 aromatic carbocycles. The van der Waals surface area contributed by atoms with Crippen molar-refractivity contribution in [2.45, 2.75) is 6.61 Å². The number of anilines is 1. The molecule has 4 nitrogen and oxygen atoms in total. The van der Waals surface area contributed by atoms with Gasteiger partial charge < -0.3 is 15.8 Å². The molecular weight excluding hydrogens is 310 g/mol. The van der Waals surface area contributed by atoms with Gasteiger partial charge in [-0.25, -0.2) is 0 Å². The van der Waals surface area contributed by atoms with E-state index >= 15 is 0 Å². The van der Waals surface area contributed by atoms with Gasteiger partial charge in [0.15, 0.2) is 5.96 Å². The Balaban J connectivity index is 1.90. The number of nitrogens with two attached hydrogens (primary N) is 1. The minimum atomic E-state index is 0.372. The molecule has 0 amide bonds. The predicted octanol–water partition coefficient (Wildman–Crippen LogP) is 4.29. The fraction of sp³-hybridized carbons (Fsp3) is 0.0952. The first-order chi connectivity index (χ1) is 12.3. The van der Waals surface area contributed by atoms with Gasteiger partial charge in [0, 0.05) is 18.3 Å². The van der Waals surface area contributed by atoms with Gasteiger partial charge in [-0.1, -0.05) is 60.7 Å². The first kappa shape index (κ1) is 16.6. The Kier molecular flexibility index (Phi) is 5.32. The number of nitrogens with zero attached hydrogens (tertiary/aromatic N) is 1. The molecule has 0 aliphatic carbocycles. The van der Waals surface area contributed by atoms with Gasteiger partial charge in [0.1, 0.15) is 12.4 Å². The molecule has 0 spiro atoms. The third kappa shape index (κ3) is 4.38. The van der Waals surface area contributed by atoms with Crippen LogP contribution >= 0.6 is 0 Å². The second kappa shape index (κ2) is 8.02. The van der Waals surface area contributed by atoms with Gasteiger partial charge in [0.2, 0.25) is 0 Å². The van der Waals surface area contributed by atoms with Crippen molar-refractivity contribution in [3.8, 4) is 16.9 Å². The van der Waals surface area contributed by atoms with E-state index in [0.29, 0.717) is 12.6 Å². The van der Waals surface area contributed by atoms with Crippen LogP contribution in [0.1, 0.15) is 5.56 Å². The lowest BCUT2D eigenvalue weighted by atomic mass is 10.0. The van der Waals surface area contributed by atoms with E-state index in [2.05, 4.69) is 34.6 Å². The summed E-state index contributed by atoms with van der Waals surface area (Å²) in [6, 6.07) is 26.2. The van der Waals surface area contributed by atoms with Gasteiger partial charge in [0.25, 0.3) is 0 Å². The number of ether oxygens (including phenoxy) is 1. The first-order valence-corrected chi connectivity index (χ1v) is 8.12. The van der Waals surface area contributed by atoms with Gasteiger partial charge in [-0.3, -0.25) is 4.99 Å². The summed E-state index contributed by atoms with van der Waals surface area (Å²) >= 11 is 0. The molecule has 0 aliphatic heterocycles. The number of guanidine groups is 1. The number of benzene rings is 3. The van der Waals surface area contributed by atoms with Crippen molar-refractivity contribution in [1.29, 1.82) is 0 Å². The van der Waals surface area contributed by atoms with E-state index in [4.69, 9.17) is 10.5 Å². The Morgan fingerprint density at radius 1 is 0.960 bits per heavy atom. The fourth-order valence-corrected chi connectivity index (χ4v) is 2.52. The van der Waals surface area contributed by atoms with Crippen molar-refractivity contribution in [3.63, 3.8) is 0 Å². The van der Waals surface area contributed by atoms with Crippen LogP contribution in [0.4, 0.5) is 5.69 Å². The molecule has 0 radical (unpaired) electrons. The smallest absolute Gasteiger partial charge is 0.192 e. The number of rotatable bonds is 5. The van der Waals surface area contributed by atoms with Crippen molar-refractivity contribution in [3.05, 3.63) is 84.4 Å². The highest BCUT2D eigenvalue weighted by atomic mass is 16.5. The summed E-state index contributed by atoms with van der Waals surface area (Å²) in [6.45, 7) is 0.520. The largest absolute Gasteiger partial charge is 0.488 e. The maximum atomic E-state index is 6.07. The van der Waals surface area contributed by atoms with Crippen LogP contribution in [0.3, 0.4) is 0 Å². The van der Waals surface area contributed by atoms with Crippen LogP contribution in [0, 0.1) is 0 Å². The monoisotopic (exact) mass is 331 g/mol. The Morgan fingerprint density at radius 3 is 2.32 bits per heavy atom. The molecule has 0 fully saturated rings. The zero-order valence-corrected chi connectivity index (χ0v) is 14.1. The molecule has 3 N–H and O–H groups in total. The second-order valence-electron chi connectivity index (χ2n) is 5.59. The van der Waals surface area contributed by atoms with Crippen LogP contribution < -0.4 is 15.8 Å². The van der Waals surface area contributed by atoms with E-state index in [-0.39, 0.29) is 0 Å². The lowest BCUT2D eigenvalue weighted by Crippen LogP contribution is -2.21. The summed E-state index contributed by atoms with van der Waals surface area (Å²) in [7, 11) is 1.65. The Bertz CT molecular complexity index is 846. The maximum Gasteiger partial charge on any atom is 0.192 e. The van der Waals surface area contributed by atoms with Crippen molar-refractivity contribution >= 4 is 11.6 Å².